The quantitative estimate of drug-likeness (QED) is 0.691. The maximum absolute atomic E-state index is 12.4. The van der Waals surface area contributed by atoms with Gasteiger partial charge >= 0.3 is 0 Å². The Bertz CT molecular complexity index is 779. The first-order valence-electron chi connectivity index (χ1n) is 9.70. The average molecular weight is 385 g/mol. The van der Waals surface area contributed by atoms with E-state index in [1.54, 1.807) is 11.3 Å². The van der Waals surface area contributed by atoms with Crippen LogP contribution in [0.15, 0.2) is 36.4 Å². The Morgan fingerprint density at radius 3 is 2.44 bits per heavy atom. The second kappa shape index (κ2) is 9.29. The van der Waals surface area contributed by atoms with Crippen LogP contribution < -0.4 is 5.32 Å². The number of likely N-dealkylation sites (tertiary alicyclic amines) is 1. The topological polar surface area (TPSA) is 49.4 Å². The minimum Gasteiger partial charge on any atom is -0.354 e. The van der Waals surface area contributed by atoms with Crippen molar-refractivity contribution in [3.63, 3.8) is 0 Å². The predicted octanol–water partition coefficient (Wildman–Crippen LogP) is 4.28. The summed E-state index contributed by atoms with van der Waals surface area (Å²) in [6.07, 6.45) is 2.94. The van der Waals surface area contributed by atoms with Gasteiger partial charge in [0.15, 0.2) is 5.78 Å². The van der Waals surface area contributed by atoms with Crippen molar-refractivity contribution in [2.45, 2.75) is 45.6 Å². The number of hydrogen-bond donors (Lipinski definition) is 1. The van der Waals surface area contributed by atoms with Crippen LogP contribution in [0.3, 0.4) is 0 Å². The number of nitrogens with one attached hydrogen (secondary N) is 1. The Hall–Kier alpha value is -1.98. The Balaban J connectivity index is 1.53. The van der Waals surface area contributed by atoms with Crippen molar-refractivity contribution in [1.29, 1.82) is 0 Å². The van der Waals surface area contributed by atoms with Crippen LogP contribution in [-0.4, -0.2) is 36.2 Å². The Kier molecular flexibility index (Phi) is 6.80. The number of aryl methyl sites for hydroxylation is 2. The van der Waals surface area contributed by atoms with Crippen molar-refractivity contribution in [2.24, 2.45) is 0 Å². The summed E-state index contributed by atoms with van der Waals surface area (Å²) < 4.78 is 0. The van der Waals surface area contributed by atoms with E-state index in [0.717, 1.165) is 28.4 Å². The van der Waals surface area contributed by atoms with E-state index in [4.69, 9.17) is 0 Å². The summed E-state index contributed by atoms with van der Waals surface area (Å²) in [6.45, 7) is 6.71. The van der Waals surface area contributed by atoms with Gasteiger partial charge in [-0.3, -0.25) is 14.5 Å². The molecule has 0 aliphatic carbocycles. The van der Waals surface area contributed by atoms with Gasteiger partial charge in [-0.2, -0.15) is 0 Å². The summed E-state index contributed by atoms with van der Waals surface area (Å²) in [6, 6.07) is 12.5. The fourth-order valence-electron chi connectivity index (χ4n) is 3.75. The van der Waals surface area contributed by atoms with Crippen molar-refractivity contribution < 1.29 is 9.59 Å². The molecule has 1 atom stereocenters. The minimum absolute atomic E-state index is 0.0481. The molecule has 0 saturated carbocycles. The number of benzene rings is 1. The zero-order valence-corrected chi connectivity index (χ0v) is 17.0. The van der Waals surface area contributed by atoms with Crippen molar-refractivity contribution in [1.82, 2.24) is 10.2 Å². The van der Waals surface area contributed by atoms with Crippen molar-refractivity contribution in [2.75, 3.05) is 19.6 Å². The molecular formula is C22H28N2O2S. The van der Waals surface area contributed by atoms with E-state index in [1.165, 1.54) is 18.4 Å². The molecule has 1 fully saturated rings. The summed E-state index contributed by atoms with van der Waals surface area (Å²) in [7, 11) is 0. The van der Waals surface area contributed by atoms with Crippen LogP contribution in [0.25, 0.3) is 0 Å². The molecule has 1 unspecified atom stereocenters. The number of ketones is 1. The molecule has 27 heavy (non-hydrogen) atoms. The number of Topliss-reactive ketones (excluding diaryl/α,β-unsaturated/α-hetero) is 1. The van der Waals surface area contributed by atoms with E-state index in [1.807, 2.05) is 38.1 Å². The molecule has 0 bridgehead atoms. The van der Waals surface area contributed by atoms with Crippen LogP contribution in [0, 0.1) is 13.8 Å². The van der Waals surface area contributed by atoms with E-state index in [0.29, 0.717) is 6.54 Å². The highest BCUT2D eigenvalue weighted by atomic mass is 32.1. The van der Waals surface area contributed by atoms with Crippen molar-refractivity contribution in [3.05, 3.63) is 57.3 Å². The molecule has 5 heteroatoms. The van der Waals surface area contributed by atoms with Crippen LogP contribution in [0.2, 0.25) is 0 Å². The first-order chi connectivity index (χ1) is 13.0. The molecule has 2 aromatic rings. The number of hydrogen-bond acceptors (Lipinski definition) is 4. The van der Waals surface area contributed by atoms with Crippen molar-refractivity contribution in [3.8, 4) is 0 Å². The highest BCUT2D eigenvalue weighted by molar-refractivity contribution is 7.12. The highest BCUT2D eigenvalue weighted by Gasteiger charge is 2.24. The van der Waals surface area contributed by atoms with E-state index in [2.05, 4.69) is 22.3 Å². The number of carbonyl (C=O) groups is 2. The third-order valence-electron chi connectivity index (χ3n) is 5.18. The molecule has 4 nitrogen and oxygen atoms in total. The lowest BCUT2D eigenvalue weighted by Gasteiger charge is -2.28. The SMILES string of the molecule is Cc1cc(C(=O)CCC(=O)NCC(c2ccccc2)N2CCCC2)c(C)s1. The van der Waals surface area contributed by atoms with Gasteiger partial charge in [0.1, 0.15) is 0 Å². The summed E-state index contributed by atoms with van der Waals surface area (Å²) in [5.74, 6) is 0.0132. The maximum atomic E-state index is 12.4. The molecule has 3 rings (SSSR count). The molecular weight excluding hydrogens is 356 g/mol. The van der Waals surface area contributed by atoms with Gasteiger partial charge in [-0.1, -0.05) is 30.3 Å². The third kappa shape index (κ3) is 5.27. The zero-order chi connectivity index (χ0) is 19.2. The molecule has 1 amide bonds. The Morgan fingerprint density at radius 2 is 1.81 bits per heavy atom. The second-order valence-corrected chi connectivity index (χ2v) is 8.68. The summed E-state index contributed by atoms with van der Waals surface area (Å²) in [5.41, 5.74) is 2.00. The largest absolute Gasteiger partial charge is 0.354 e. The number of nitrogens with zero attached hydrogens (tertiary/aromatic N) is 1. The monoisotopic (exact) mass is 384 g/mol. The van der Waals surface area contributed by atoms with E-state index in [-0.39, 0.29) is 30.6 Å². The number of rotatable bonds is 8. The molecule has 2 heterocycles. The van der Waals surface area contributed by atoms with Crippen LogP contribution in [-0.2, 0) is 4.79 Å². The third-order valence-corrected chi connectivity index (χ3v) is 6.14. The fourth-order valence-corrected chi connectivity index (χ4v) is 4.70. The zero-order valence-electron chi connectivity index (χ0n) is 16.2. The average Bonchev–Trinajstić information content (AvgIpc) is 3.30. The number of thiophene rings is 1. The van der Waals surface area contributed by atoms with Gasteiger partial charge in [0.2, 0.25) is 5.91 Å². The molecule has 1 aromatic carbocycles. The van der Waals surface area contributed by atoms with Crippen LogP contribution in [0.5, 0.6) is 0 Å². The van der Waals surface area contributed by atoms with Gasteiger partial charge in [-0.25, -0.2) is 0 Å². The Labute approximate surface area is 165 Å². The first-order valence-corrected chi connectivity index (χ1v) is 10.5. The van der Waals surface area contributed by atoms with E-state index in [9.17, 15) is 9.59 Å². The molecule has 0 spiro atoms. The van der Waals surface area contributed by atoms with Gasteiger partial charge < -0.3 is 5.32 Å². The molecule has 1 aliphatic heterocycles. The molecule has 1 N–H and O–H groups in total. The van der Waals surface area contributed by atoms with Gasteiger partial charge in [-0.15, -0.1) is 11.3 Å². The van der Waals surface area contributed by atoms with Gasteiger partial charge in [0.05, 0.1) is 6.04 Å². The lowest BCUT2D eigenvalue weighted by atomic mass is 10.0. The Morgan fingerprint density at radius 1 is 1.11 bits per heavy atom. The predicted molar refractivity (Wildman–Crippen MR) is 110 cm³/mol. The smallest absolute Gasteiger partial charge is 0.220 e. The summed E-state index contributed by atoms with van der Waals surface area (Å²) >= 11 is 1.63. The second-order valence-electron chi connectivity index (χ2n) is 7.22. The standard InChI is InChI=1S/C22H28N2O2S/c1-16-14-19(17(2)27-16)21(25)10-11-22(26)23-15-20(24-12-6-7-13-24)18-8-4-3-5-9-18/h3-5,8-9,14,20H,6-7,10-13,15H2,1-2H3,(H,23,26). The molecule has 1 aliphatic rings. The van der Waals surface area contributed by atoms with E-state index >= 15 is 0 Å². The summed E-state index contributed by atoms with van der Waals surface area (Å²) in [4.78, 5) is 29.3. The van der Waals surface area contributed by atoms with Crippen molar-refractivity contribution >= 4 is 23.0 Å². The van der Waals surface area contributed by atoms with Crippen LogP contribution in [0.4, 0.5) is 0 Å². The van der Waals surface area contributed by atoms with Gasteiger partial charge in [0, 0.05) is 34.7 Å². The number of amides is 1. The molecule has 1 saturated heterocycles. The fraction of sp³-hybridized carbons (Fsp3) is 0.455. The molecule has 144 valence electrons. The first kappa shape index (κ1) is 19.8. The lowest BCUT2D eigenvalue weighted by molar-refractivity contribution is -0.121. The molecule has 0 radical (unpaired) electrons. The normalized spacial score (nSPS) is 15.6. The van der Waals surface area contributed by atoms with Gasteiger partial charge in [0.25, 0.3) is 0 Å². The molecule has 1 aromatic heterocycles. The van der Waals surface area contributed by atoms with Crippen LogP contribution in [0.1, 0.15) is 57.4 Å². The summed E-state index contributed by atoms with van der Waals surface area (Å²) in [5, 5.41) is 3.05. The number of carbonyl (C=O) groups excluding carboxylic acids is 2. The van der Waals surface area contributed by atoms with E-state index < -0.39 is 0 Å². The highest BCUT2D eigenvalue weighted by Crippen LogP contribution is 2.25. The van der Waals surface area contributed by atoms with Crippen LogP contribution >= 0.6 is 11.3 Å². The lowest BCUT2D eigenvalue weighted by Crippen LogP contribution is -2.36. The minimum atomic E-state index is -0.0481. The van der Waals surface area contributed by atoms with Gasteiger partial charge in [-0.05, 0) is 51.4 Å². The maximum Gasteiger partial charge on any atom is 0.220 e.